The highest BCUT2D eigenvalue weighted by atomic mass is 32.1. The number of hydrogen-bond donors (Lipinski definition) is 2. The van der Waals surface area contributed by atoms with Crippen molar-refractivity contribution in [2.75, 3.05) is 19.0 Å². The van der Waals surface area contributed by atoms with E-state index >= 15 is 0 Å². The maximum Gasteiger partial charge on any atom is 0.311 e. The monoisotopic (exact) mass is 376 g/mol. The second-order valence-corrected chi connectivity index (χ2v) is 8.22. The fourth-order valence-corrected chi connectivity index (χ4v) is 4.77. The van der Waals surface area contributed by atoms with Crippen molar-refractivity contribution in [1.29, 1.82) is 0 Å². The van der Waals surface area contributed by atoms with Crippen molar-refractivity contribution in [3.8, 4) is 5.75 Å². The molecule has 6 heteroatoms. The van der Waals surface area contributed by atoms with E-state index in [9.17, 15) is 4.79 Å². The summed E-state index contributed by atoms with van der Waals surface area (Å²) in [5.41, 5.74) is 1.09. The number of hydrogen-bond acceptors (Lipinski definition) is 4. The zero-order valence-electron chi connectivity index (χ0n) is 15.9. The molecule has 3 fully saturated rings. The highest BCUT2D eigenvalue weighted by Crippen LogP contribution is 2.60. The molecule has 0 aliphatic heterocycles. The number of nitrogens with one attached hydrogen (secondary N) is 2. The zero-order valence-corrected chi connectivity index (χ0v) is 16.7. The van der Waals surface area contributed by atoms with Crippen molar-refractivity contribution < 1.29 is 14.3 Å². The van der Waals surface area contributed by atoms with Gasteiger partial charge in [0.25, 0.3) is 0 Å². The number of anilines is 1. The van der Waals surface area contributed by atoms with Gasteiger partial charge in [0, 0.05) is 17.8 Å². The second-order valence-electron chi connectivity index (χ2n) is 7.81. The van der Waals surface area contributed by atoms with E-state index in [1.54, 1.807) is 7.11 Å². The molecule has 0 radical (unpaired) electrons. The predicted octanol–water partition coefficient (Wildman–Crippen LogP) is 3.60. The van der Waals surface area contributed by atoms with E-state index < -0.39 is 0 Å². The SMILES string of the molecule is CCOC(=O)[C@H]1C[C@H]2C[C@@H]([C@H]1NC(=S)Nc1cccc(OC)c1)C2(C)C. The molecule has 2 N–H and O–H groups in total. The maximum absolute atomic E-state index is 12.5. The first-order chi connectivity index (χ1) is 12.4. The van der Waals surface area contributed by atoms with Gasteiger partial charge >= 0.3 is 5.97 Å². The van der Waals surface area contributed by atoms with Crippen LogP contribution in [-0.2, 0) is 9.53 Å². The number of rotatable bonds is 5. The van der Waals surface area contributed by atoms with Crippen LogP contribution in [0.4, 0.5) is 5.69 Å². The van der Waals surface area contributed by atoms with Crippen LogP contribution in [0, 0.1) is 23.2 Å². The van der Waals surface area contributed by atoms with Crippen LogP contribution in [0.1, 0.15) is 33.6 Å². The van der Waals surface area contributed by atoms with Crippen LogP contribution in [0.3, 0.4) is 0 Å². The van der Waals surface area contributed by atoms with Gasteiger partial charge in [-0.25, -0.2) is 0 Å². The summed E-state index contributed by atoms with van der Waals surface area (Å²) in [6.45, 7) is 6.84. The van der Waals surface area contributed by atoms with Crippen LogP contribution in [0.25, 0.3) is 0 Å². The minimum Gasteiger partial charge on any atom is -0.497 e. The molecule has 3 aliphatic carbocycles. The van der Waals surface area contributed by atoms with Crippen LogP contribution in [0.5, 0.6) is 5.75 Å². The Hall–Kier alpha value is -1.82. The summed E-state index contributed by atoms with van der Waals surface area (Å²) < 4.78 is 10.6. The number of methoxy groups -OCH3 is 1. The molecule has 0 aromatic heterocycles. The number of benzene rings is 1. The summed E-state index contributed by atoms with van der Waals surface area (Å²) in [6, 6.07) is 7.62. The third kappa shape index (κ3) is 3.52. The third-order valence-electron chi connectivity index (χ3n) is 6.17. The van der Waals surface area contributed by atoms with Crippen LogP contribution in [-0.4, -0.2) is 30.8 Å². The van der Waals surface area contributed by atoms with Gasteiger partial charge in [0.15, 0.2) is 5.11 Å². The van der Waals surface area contributed by atoms with Crippen molar-refractivity contribution in [3.63, 3.8) is 0 Å². The second kappa shape index (κ2) is 7.43. The number of carbonyl (C=O) groups excluding carboxylic acids is 1. The smallest absolute Gasteiger partial charge is 0.311 e. The summed E-state index contributed by atoms with van der Waals surface area (Å²) in [5.74, 6) is 1.51. The van der Waals surface area contributed by atoms with Gasteiger partial charge in [-0.3, -0.25) is 4.79 Å². The quantitative estimate of drug-likeness (QED) is 0.605. The largest absolute Gasteiger partial charge is 0.497 e. The summed E-state index contributed by atoms with van der Waals surface area (Å²) in [7, 11) is 1.64. The zero-order chi connectivity index (χ0) is 18.9. The first-order valence-corrected chi connectivity index (χ1v) is 9.65. The molecule has 0 saturated heterocycles. The molecule has 0 spiro atoms. The van der Waals surface area contributed by atoms with E-state index in [1.807, 2.05) is 31.2 Å². The molecule has 0 heterocycles. The van der Waals surface area contributed by atoms with E-state index in [4.69, 9.17) is 21.7 Å². The van der Waals surface area contributed by atoms with E-state index in [-0.39, 0.29) is 23.3 Å². The van der Waals surface area contributed by atoms with E-state index in [0.29, 0.717) is 23.6 Å². The predicted molar refractivity (Wildman–Crippen MR) is 106 cm³/mol. The molecular formula is C20H28N2O3S. The van der Waals surface area contributed by atoms with Crippen LogP contribution >= 0.6 is 12.2 Å². The van der Waals surface area contributed by atoms with E-state index in [0.717, 1.165) is 24.3 Å². The first kappa shape index (κ1) is 19.0. The number of ether oxygens (including phenoxy) is 2. The lowest BCUT2D eigenvalue weighted by Gasteiger charge is -2.62. The molecule has 3 saturated carbocycles. The lowest BCUT2D eigenvalue weighted by atomic mass is 9.45. The van der Waals surface area contributed by atoms with Gasteiger partial charge in [0.1, 0.15) is 5.75 Å². The molecule has 26 heavy (non-hydrogen) atoms. The molecule has 142 valence electrons. The fourth-order valence-electron chi connectivity index (χ4n) is 4.51. The van der Waals surface area contributed by atoms with Gasteiger partial charge in [-0.1, -0.05) is 19.9 Å². The minimum absolute atomic E-state index is 0.000317. The van der Waals surface area contributed by atoms with Crippen LogP contribution in [0.15, 0.2) is 24.3 Å². The number of thiocarbonyl (C=S) groups is 1. The summed E-state index contributed by atoms with van der Waals surface area (Å²) in [6.07, 6.45) is 2.00. The molecule has 3 aliphatic rings. The Morgan fingerprint density at radius 1 is 1.35 bits per heavy atom. The number of esters is 1. The fraction of sp³-hybridized carbons (Fsp3) is 0.600. The summed E-state index contributed by atoms with van der Waals surface area (Å²) >= 11 is 5.53. The van der Waals surface area contributed by atoms with Crippen molar-refractivity contribution in [2.24, 2.45) is 23.2 Å². The molecule has 1 aromatic rings. The average Bonchev–Trinajstić information content (AvgIpc) is 2.61. The number of fused-ring (bicyclic) bond motifs is 2. The minimum atomic E-state index is -0.142. The summed E-state index contributed by atoms with van der Waals surface area (Å²) in [5, 5.41) is 7.15. The molecular weight excluding hydrogens is 348 g/mol. The Morgan fingerprint density at radius 3 is 2.77 bits per heavy atom. The van der Waals surface area contributed by atoms with Gasteiger partial charge < -0.3 is 20.1 Å². The first-order valence-electron chi connectivity index (χ1n) is 9.25. The Morgan fingerprint density at radius 2 is 2.12 bits per heavy atom. The highest BCUT2D eigenvalue weighted by molar-refractivity contribution is 7.80. The summed E-state index contributed by atoms with van der Waals surface area (Å²) in [4.78, 5) is 12.5. The molecule has 4 rings (SSSR count). The Balaban J connectivity index is 1.71. The average molecular weight is 377 g/mol. The topological polar surface area (TPSA) is 59.6 Å². The maximum atomic E-state index is 12.5. The van der Waals surface area contributed by atoms with Gasteiger partial charge in [0.05, 0.1) is 19.6 Å². The standard InChI is InChI=1S/C20H28N2O3S/c1-5-25-18(23)15-9-12-10-16(20(12,2)3)17(15)22-19(26)21-13-7-6-8-14(11-13)24-4/h6-8,11-12,15-17H,5,9-10H2,1-4H3,(H2,21,22,26)/t12-,15-,16-,17-/m0/s1. The lowest BCUT2D eigenvalue weighted by molar-refractivity contribution is -0.166. The molecule has 2 bridgehead atoms. The molecule has 0 amide bonds. The van der Waals surface area contributed by atoms with E-state index in [2.05, 4.69) is 24.5 Å². The van der Waals surface area contributed by atoms with Crippen molar-refractivity contribution in [1.82, 2.24) is 5.32 Å². The van der Waals surface area contributed by atoms with Crippen LogP contribution in [0.2, 0.25) is 0 Å². The highest BCUT2D eigenvalue weighted by Gasteiger charge is 2.59. The normalized spacial score (nSPS) is 28.5. The molecule has 1 aromatic carbocycles. The number of carbonyl (C=O) groups is 1. The molecule has 0 unspecified atom stereocenters. The van der Waals surface area contributed by atoms with Gasteiger partial charge in [0.2, 0.25) is 0 Å². The Labute approximate surface area is 160 Å². The van der Waals surface area contributed by atoms with Crippen molar-refractivity contribution >= 4 is 29.0 Å². The van der Waals surface area contributed by atoms with Crippen LogP contribution < -0.4 is 15.4 Å². The third-order valence-corrected chi connectivity index (χ3v) is 6.39. The molecule has 5 nitrogen and oxygen atoms in total. The Kier molecular flexibility index (Phi) is 5.42. The van der Waals surface area contributed by atoms with E-state index in [1.165, 1.54) is 0 Å². The van der Waals surface area contributed by atoms with Gasteiger partial charge in [-0.2, -0.15) is 0 Å². The van der Waals surface area contributed by atoms with Crippen molar-refractivity contribution in [3.05, 3.63) is 24.3 Å². The lowest BCUT2D eigenvalue weighted by Crippen LogP contribution is -2.65. The van der Waals surface area contributed by atoms with Gasteiger partial charge in [-0.05, 0) is 61.4 Å². The van der Waals surface area contributed by atoms with Gasteiger partial charge in [-0.15, -0.1) is 0 Å². The van der Waals surface area contributed by atoms with Crippen molar-refractivity contribution in [2.45, 2.75) is 39.7 Å². The Bertz CT molecular complexity index is 691. The molecule has 4 atom stereocenters.